The molecule has 1 saturated carbocycles. The highest BCUT2D eigenvalue weighted by molar-refractivity contribution is 5.78. The van der Waals surface area contributed by atoms with Crippen LogP contribution in [0.3, 0.4) is 0 Å². The number of ketones is 1. The molecule has 0 atom stereocenters. The molecule has 3 heteroatoms. The third kappa shape index (κ3) is 3.76. The Labute approximate surface area is 86.6 Å². The lowest BCUT2D eigenvalue weighted by Gasteiger charge is -2.27. The molecule has 1 aliphatic rings. The maximum absolute atomic E-state index is 11.1. The normalized spacial score (nSPS) is 27.6. The molecule has 0 heterocycles. The van der Waals surface area contributed by atoms with Crippen LogP contribution in [0.1, 0.15) is 32.6 Å². The van der Waals surface area contributed by atoms with Crippen LogP contribution >= 0.6 is 0 Å². The van der Waals surface area contributed by atoms with Gasteiger partial charge in [-0.1, -0.05) is 0 Å². The predicted octanol–water partition coefficient (Wildman–Crippen LogP) is 0.943. The van der Waals surface area contributed by atoms with Crippen LogP contribution in [0.15, 0.2) is 0 Å². The second-order valence-corrected chi connectivity index (χ2v) is 4.22. The van der Waals surface area contributed by atoms with Crippen LogP contribution in [-0.2, 0) is 4.79 Å². The van der Waals surface area contributed by atoms with Crippen LogP contribution in [0.2, 0.25) is 0 Å². The summed E-state index contributed by atoms with van der Waals surface area (Å²) in [5, 5.41) is 6.63. The topological polar surface area (TPSA) is 41.1 Å². The molecule has 0 aliphatic heterocycles. The van der Waals surface area contributed by atoms with Crippen LogP contribution in [0.4, 0.5) is 0 Å². The molecule has 1 fully saturated rings. The summed E-state index contributed by atoms with van der Waals surface area (Å²) in [6.45, 7) is 3.78. The molecule has 0 bridgehead atoms. The van der Waals surface area contributed by atoms with E-state index in [4.69, 9.17) is 0 Å². The van der Waals surface area contributed by atoms with Crippen molar-refractivity contribution in [3.8, 4) is 0 Å². The van der Waals surface area contributed by atoms with Gasteiger partial charge in [0.15, 0.2) is 0 Å². The van der Waals surface area contributed by atoms with Gasteiger partial charge < -0.3 is 10.6 Å². The van der Waals surface area contributed by atoms with E-state index in [1.54, 1.807) is 6.92 Å². The molecule has 0 radical (unpaired) electrons. The van der Waals surface area contributed by atoms with Gasteiger partial charge in [-0.25, -0.2) is 0 Å². The molecule has 0 amide bonds. The van der Waals surface area contributed by atoms with Gasteiger partial charge in [-0.3, -0.25) is 4.79 Å². The summed E-state index contributed by atoms with van der Waals surface area (Å²) in [4.78, 5) is 11.1. The number of Topliss-reactive ketones (excluding diaryl/α,β-unsaturated/α-hetero) is 1. The maximum Gasteiger partial charge on any atom is 0.132 e. The maximum atomic E-state index is 11.1. The minimum absolute atomic E-state index is 0.345. The van der Waals surface area contributed by atoms with Gasteiger partial charge in [-0.2, -0.15) is 0 Å². The van der Waals surface area contributed by atoms with E-state index in [0.717, 1.165) is 38.8 Å². The molecule has 0 unspecified atom stereocenters. The number of carbonyl (C=O) groups excluding carboxylic acids is 1. The van der Waals surface area contributed by atoms with Crippen LogP contribution < -0.4 is 10.6 Å². The van der Waals surface area contributed by atoms with E-state index >= 15 is 0 Å². The van der Waals surface area contributed by atoms with Gasteiger partial charge in [0.2, 0.25) is 0 Å². The van der Waals surface area contributed by atoms with Gasteiger partial charge in [-0.05, 0) is 39.7 Å². The van der Waals surface area contributed by atoms with Gasteiger partial charge in [-0.15, -0.1) is 0 Å². The highest BCUT2D eigenvalue weighted by Gasteiger charge is 2.23. The van der Waals surface area contributed by atoms with Crippen molar-refractivity contribution in [2.45, 2.75) is 38.6 Å². The fourth-order valence-corrected chi connectivity index (χ4v) is 2.11. The quantitative estimate of drug-likeness (QED) is 0.646. The Morgan fingerprint density at radius 3 is 2.36 bits per heavy atom. The minimum atomic E-state index is 0.345. The van der Waals surface area contributed by atoms with Gasteiger partial charge >= 0.3 is 0 Å². The number of likely N-dealkylation sites (N-methyl/N-ethyl adjacent to an activating group) is 1. The monoisotopic (exact) mass is 198 g/mol. The summed E-state index contributed by atoms with van der Waals surface area (Å²) in [5.74, 6) is 0.719. The fourth-order valence-electron chi connectivity index (χ4n) is 2.11. The zero-order valence-electron chi connectivity index (χ0n) is 9.31. The van der Waals surface area contributed by atoms with Crippen molar-refractivity contribution in [1.82, 2.24) is 10.6 Å². The fraction of sp³-hybridized carbons (Fsp3) is 0.909. The standard InChI is InChI=1S/C11H22N2O/c1-9(14)10-3-5-11(6-4-10)13-8-7-12-2/h10-13H,3-8H2,1-2H3. The molecule has 0 aromatic rings. The van der Waals surface area contributed by atoms with Crippen molar-refractivity contribution in [2.75, 3.05) is 20.1 Å². The summed E-state index contributed by atoms with van der Waals surface area (Å²) in [6.07, 6.45) is 4.47. The highest BCUT2D eigenvalue weighted by atomic mass is 16.1. The molecular weight excluding hydrogens is 176 g/mol. The Bertz CT molecular complexity index is 174. The Hall–Kier alpha value is -0.410. The second-order valence-electron chi connectivity index (χ2n) is 4.22. The molecular formula is C11H22N2O. The summed E-state index contributed by atoms with van der Waals surface area (Å²) < 4.78 is 0. The lowest BCUT2D eigenvalue weighted by Crippen LogP contribution is -2.37. The summed E-state index contributed by atoms with van der Waals surface area (Å²) in [5.41, 5.74) is 0. The zero-order valence-corrected chi connectivity index (χ0v) is 9.31. The summed E-state index contributed by atoms with van der Waals surface area (Å²) in [7, 11) is 1.97. The smallest absolute Gasteiger partial charge is 0.132 e. The van der Waals surface area contributed by atoms with Crippen molar-refractivity contribution >= 4 is 5.78 Å². The third-order valence-corrected chi connectivity index (χ3v) is 3.11. The molecule has 14 heavy (non-hydrogen) atoms. The number of carbonyl (C=O) groups is 1. The first-order valence-corrected chi connectivity index (χ1v) is 5.62. The van der Waals surface area contributed by atoms with Crippen molar-refractivity contribution in [2.24, 2.45) is 5.92 Å². The van der Waals surface area contributed by atoms with Gasteiger partial charge in [0.05, 0.1) is 0 Å². The van der Waals surface area contributed by atoms with Crippen molar-refractivity contribution in [3.05, 3.63) is 0 Å². The van der Waals surface area contributed by atoms with Crippen molar-refractivity contribution in [1.29, 1.82) is 0 Å². The lowest BCUT2D eigenvalue weighted by molar-refractivity contribution is -0.121. The molecule has 0 aromatic carbocycles. The SMILES string of the molecule is CNCCNC1CCC(C(C)=O)CC1. The summed E-state index contributed by atoms with van der Waals surface area (Å²) >= 11 is 0. The van der Waals surface area contributed by atoms with E-state index in [-0.39, 0.29) is 0 Å². The molecule has 2 N–H and O–H groups in total. The first-order chi connectivity index (χ1) is 6.74. The van der Waals surface area contributed by atoms with E-state index in [9.17, 15) is 4.79 Å². The van der Waals surface area contributed by atoms with Gasteiger partial charge in [0.1, 0.15) is 5.78 Å². The lowest BCUT2D eigenvalue weighted by atomic mass is 9.84. The number of hydrogen-bond acceptors (Lipinski definition) is 3. The molecule has 0 saturated heterocycles. The Balaban J connectivity index is 2.12. The highest BCUT2D eigenvalue weighted by Crippen LogP contribution is 2.24. The number of rotatable bonds is 5. The molecule has 82 valence electrons. The van der Waals surface area contributed by atoms with E-state index < -0.39 is 0 Å². The number of nitrogens with one attached hydrogen (secondary N) is 2. The van der Waals surface area contributed by atoms with E-state index in [1.165, 1.54) is 0 Å². The second kappa shape index (κ2) is 6.14. The molecule has 1 rings (SSSR count). The Kier molecular flexibility index (Phi) is 5.12. The summed E-state index contributed by atoms with van der Waals surface area (Å²) in [6, 6.07) is 0.638. The van der Waals surface area contributed by atoms with Crippen LogP contribution in [-0.4, -0.2) is 32.0 Å². The molecule has 0 aromatic heterocycles. The van der Waals surface area contributed by atoms with E-state index in [0.29, 0.717) is 17.7 Å². The minimum Gasteiger partial charge on any atom is -0.318 e. The first kappa shape index (κ1) is 11.7. The molecule has 1 aliphatic carbocycles. The van der Waals surface area contributed by atoms with E-state index in [2.05, 4.69) is 10.6 Å². The number of hydrogen-bond donors (Lipinski definition) is 2. The first-order valence-electron chi connectivity index (χ1n) is 5.62. The average Bonchev–Trinajstić information content (AvgIpc) is 2.19. The van der Waals surface area contributed by atoms with Crippen LogP contribution in [0.5, 0.6) is 0 Å². The Morgan fingerprint density at radius 1 is 1.21 bits per heavy atom. The van der Waals surface area contributed by atoms with Gasteiger partial charge in [0.25, 0.3) is 0 Å². The van der Waals surface area contributed by atoms with E-state index in [1.807, 2.05) is 7.05 Å². The molecule has 3 nitrogen and oxygen atoms in total. The van der Waals surface area contributed by atoms with Crippen molar-refractivity contribution in [3.63, 3.8) is 0 Å². The van der Waals surface area contributed by atoms with Crippen molar-refractivity contribution < 1.29 is 4.79 Å². The largest absolute Gasteiger partial charge is 0.318 e. The van der Waals surface area contributed by atoms with Crippen LogP contribution in [0, 0.1) is 5.92 Å². The molecule has 0 spiro atoms. The zero-order chi connectivity index (χ0) is 10.4. The predicted molar refractivity (Wildman–Crippen MR) is 58.4 cm³/mol. The van der Waals surface area contributed by atoms with Gasteiger partial charge in [0, 0.05) is 25.0 Å². The Morgan fingerprint density at radius 2 is 1.86 bits per heavy atom. The average molecular weight is 198 g/mol. The third-order valence-electron chi connectivity index (χ3n) is 3.11. The van der Waals surface area contributed by atoms with Crippen LogP contribution in [0.25, 0.3) is 0 Å².